The van der Waals surface area contributed by atoms with Gasteiger partial charge in [-0.3, -0.25) is 33.9 Å². The second-order valence-corrected chi connectivity index (χ2v) is 19.4. The van der Waals surface area contributed by atoms with Crippen molar-refractivity contribution in [3.63, 3.8) is 0 Å². The molecule has 17 nitrogen and oxygen atoms in total. The number of aromatic nitrogens is 4. The number of methoxy groups -OCH3 is 3. The number of rotatable bonds is 21. The van der Waals surface area contributed by atoms with Gasteiger partial charge in [0.1, 0.15) is 55.5 Å². The van der Waals surface area contributed by atoms with Crippen LogP contribution in [0.1, 0.15) is 84.7 Å². The maximum absolute atomic E-state index is 13.9. The van der Waals surface area contributed by atoms with Gasteiger partial charge < -0.3 is 32.9 Å². The molecule has 18 heteroatoms. The van der Waals surface area contributed by atoms with E-state index in [1.807, 2.05) is 107 Å². The van der Waals surface area contributed by atoms with Gasteiger partial charge in [0.25, 0.3) is 5.56 Å². The number of benzene rings is 3. The van der Waals surface area contributed by atoms with E-state index in [0.29, 0.717) is 11.5 Å². The van der Waals surface area contributed by atoms with Gasteiger partial charge in [-0.2, -0.15) is 10.2 Å². The van der Waals surface area contributed by atoms with E-state index in [0.717, 1.165) is 16.7 Å². The largest absolute Gasteiger partial charge is 0.497 e. The van der Waals surface area contributed by atoms with Crippen molar-refractivity contribution in [1.82, 2.24) is 24.2 Å². The predicted molar refractivity (Wildman–Crippen MR) is 254 cm³/mol. The highest BCUT2D eigenvalue weighted by molar-refractivity contribution is 7.51. The summed E-state index contributed by atoms with van der Waals surface area (Å²) in [5.41, 5.74) is -0.331. The van der Waals surface area contributed by atoms with Crippen molar-refractivity contribution in [3.8, 4) is 17.6 Å². The first-order chi connectivity index (χ1) is 32.0. The van der Waals surface area contributed by atoms with Crippen molar-refractivity contribution in [1.29, 1.82) is 5.26 Å². The van der Waals surface area contributed by atoms with Crippen LogP contribution in [0.4, 0.5) is 5.95 Å². The van der Waals surface area contributed by atoms with Crippen LogP contribution in [0.2, 0.25) is 0 Å². The highest BCUT2D eigenvalue weighted by Crippen LogP contribution is 2.51. The Labute approximate surface area is 392 Å². The van der Waals surface area contributed by atoms with Crippen molar-refractivity contribution in [2.75, 3.05) is 39.4 Å². The summed E-state index contributed by atoms with van der Waals surface area (Å²) in [6, 6.07) is 27.1. The summed E-state index contributed by atoms with van der Waals surface area (Å²) in [6.45, 7) is 14.9. The minimum Gasteiger partial charge on any atom is -0.497 e. The van der Waals surface area contributed by atoms with Crippen LogP contribution >= 0.6 is 8.30 Å². The molecule has 0 radical (unpaired) electrons. The molecular weight excluding hydrogens is 878 g/mol. The minimum absolute atomic E-state index is 0.00303. The summed E-state index contributed by atoms with van der Waals surface area (Å²) in [7, 11) is 2.94. The zero-order chi connectivity index (χ0) is 48.6. The number of hydrogen-bond acceptors (Lipinski definition) is 14. The molecule has 1 aliphatic heterocycles. The predicted octanol–water partition coefficient (Wildman–Crippen LogP) is 7.70. The zero-order valence-corrected chi connectivity index (χ0v) is 40.9. The molecule has 2 aromatic heterocycles. The van der Waals surface area contributed by atoms with Gasteiger partial charge in [0, 0.05) is 25.1 Å². The monoisotopic (exact) mass is 939 g/mol. The van der Waals surface area contributed by atoms with E-state index in [2.05, 4.69) is 31.0 Å². The number of nitrogens with one attached hydrogen (secondary N) is 2. The summed E-state index contributed by atoms with van der Waals surface area (Å²) in [4.78, 5) is 51.7. The van der Waals surface area contributed by atoms with Gasteiger partial charge in [0.15, 0.2) is 17.4 Å². The Morgan fingerprint density at radius 1 is 0.896 bits per heavy atom. The van der Waals surface area contributed by atoms with Crippen LogP contribution < -0.4 is 20.3 Å². The summed E-state index contributed by atoms with van der Waals surface area (Å²) >= 11 is 0. The van der Waals surface area contributed by atoms with Crippen LogP contribution in [0, 0.1) is 17.2 Å². The number of nitrogens with zero attached hydrogens (tertiary/aromatic N) is 5. The van der Waals surface area contributed by atoms with Gasteiger partial charge in [-0.05, 0) is 82.5 Å². The highest BCUT2D eigenvalue weighted by atomic mass is 31.2. The molecule has 0 bridgehead atoms. The van der Waals surface area contributed by atoms with Gasteiger partial charge in [0.2, 0.25) is 11.9 Å². The molecule has 5 atom stereocenters. The molecule has 0 spiro atoms. The average Bonchev–Trinajstić information content (AvgIpc) is 3.87. The second-order valence-electron chi connectivity index (χ2n) is 17.7. The standard InChI is InChI=1S/C49H62N7O10P/c1-30(2)44(58)53-47-52-43-40(45(59)54-47)51-29-55(43)46-42(62-11)41(66-67(56(31(3)4)32(5)6)28-39(57)65-48(7,8)25-26-50)38(64-46)27-63-49(33-15-13-12-14-16-33,34-17-21-36(60-9)22-18-34)35-19-23-37(61-10)24-20-35/h12-24,29-32,38,41-42,46H,25,27-28H2,1-11H3,(H2,52,53,54,58,59)/t38-,41-,42-,46-,67?/m1/s1. The molecule has 0 saturated carbocycles. The molecule has 3 heterocycles. The van der Waals surface area contributed by atoms with E-state index in [1.165, 1.54) is 13.4 Å². The first-order valence-electron chi connectivity index (χ1n) is 22.2. The second kappa shape index (κ2) is 21.9. The van der Waals surface area contributed by atoms with Crippen LogP contribution in [-0.2, 0) is 38.7 Å². The van der Waals surface area contributed by atoms with Crippen LogP contribution in [0.25, 0.3) is 11.2 Å². The molecule has 67 heavy (non-hydrogen) atoms. The lowest BCUT2D eigenvalue weighted by atomic mass is 9.80. The lowest BCUT2D eigenvalue weighted by Gasteiger charge is -2.40. The van der Waals surface area contributed by atoms with Crippen molar-refractivity contribution in [2.24, 2.45) is 5.92 Å². The van der Waals surface area contributed by atoms with Gasteiger partial charge in [-0.15, -0.1) is 0 Å². The Hall–Kier alpha value is -5.73. The van der Waals surface area contributed by atoms with Crippen molar-refractivity contribution in [2.45, 2.75) is 110 Å². The smallest absolute Gasteiger partial charge is 0.314 e. The zero-order valence-electron chi connectivity index (χ0n) is 40.0. The van der Waals surface area contributed by atoms with Crippen molar-refractivity contribution >= 4 is 37.3 Å². The number of fused-ring (bicyclic) bond motifs is 1. The fourth-order valence-electron chi connectivity index (χ4n) is 8.26. The Kier molecular flexibility index (Phi) is 16.6. The number of nitriles is 1. The molecule has 6 rings (SSSR count). The first-order valence-corrected chi connectivity index (χ1v) is 23.6. The van der Waals surface area contributed by atoms with E-state index >= 15 is 0 Å². The number of imidazole rings is 1. The lowest BCUT2D eigenvalue weighted by molar-refractivity contribution is -0.152. The lowest BCUT2D eigenvalue weighted by Crippen LogP contribution is -2.43. The minimum atomic E-state index is -1.80. The number of carbonyl (C=O) groups excluding carboxylic acids is 2. The Balaban J connectivity index is 1.51. The Morgan fingerprint density at radius 2 is 1.48 bits per heavy atom. The SMILES string of the molecule is COc1ccc(C(OC[C@H]2O[C@@H](n3cnc4c(=O)[nH]c(NC(=O)C(C)C)nc43)[C@H](OC)[C@@H]2OP(CC(=O)OC(C)(C)CC#N)N(C(C)C)C(C)C)(c2ccccc2)c2ccc(OC)cc2)cc1. The number of carbonyl (C=O) groups is 2. The summed E-state index contributed by atoms with van der Waals surface area (Å²) in [5, 5.41) is 12.1. The van der Waals surface area contributed by atoms with Gasteiger partial charge >= 0.3 is 5.97 Å². The third-order valence-corrected chi connectivity index (χ3v) is 13.8. The number of anilines is 1. The quantitative estimate of drug-likeness (QED) is 0.0412. The number of esters is 1. The first kappa shape index (κ1) is 50.7. The van der Waals surface area contributed by atoms with Crippen LogP contribution in [0.15, 0.2) is 90.0 Å². The maximum Gasteiger partial charge on any atom is 0.314 e. The van der Waals surface area contributed by atoms with Gasteiger partial charge in [-0.25, -0.2) is 4.98 Å². The Bertz CT molecular complexity index is 2490. The molecule has 1 fully saturated rings. The van der Waals surface area contributed by atoms with E-state index in [9.17, 15) is 19.6 Å². The molecule has 358 valence electrons. The number of amides is 1. The van der Waals surface area contributed by atoms with Gasteiger partial charge in [0.05, 0.1) is 39.6 Å². The third-order valence-electron chi connectivity index (χ3n) is 11.4. The molecule has 1 amide bonds. The average molecular weight is 940 g/mol. The number of ether oxygens (including phenoxy) is 6. The van der Waals surface area contributed by atoms with Crippen LogP contribution in [0.3, 0.4) is 0 Å². The molecule has 2 N–H and O–H groups in total. The molecule has 3 aromatic carbocycles. The summed E-state index contributed by atoms with van der Waals surface area (Å²) in [5.74, 6) is -0.00105. The molecular formula is C49H62N7O10P. The molecule has 1 aliphatic rings. The number of aromatic amines is 1. The molecule has 1 saturated heterocycles. The number of hydrogen-bond donors (Lipinski definition) is 2. The number of H-pyrrole nitrogens is 1. The summed E-state index contributed by atoms with van der Waals surface area (Å²) in [6.07, 6.45) is -2.47. The molecule has 5 aromatic rings. The molecule has 0 aliphatic carbocycles. The van der Waals surface area contributed by atoms with Crippen molar-refractivity contribution < 1.29 is 42.5 Å². The van der Waals surface area contributed by atoms with Gasteiger partial charge in [-0.1, -0.05) is 68.4 Å². The van der Waals surface area contributed by atoms with E-state index < -0.39 is 55.6 Å². The highest BCUT2D eigenvalue weighted by Gasteiger charge is 2.51. The fourth-order valence-corrected chi connectivity index (χ4v) is 10.5. The Morgan fingerprint density at radius 3 is 2.00 bits per heavy atom. The van der Waals surface area contributed by atoms with E-state index in [4.69, 9.17) is 32.9 Å². The molecule has 1 unspecified atom stereocenters. The fraction of sp³-hybridized carbons (Fsp3) is 0.469. The normalized spacial score (nSPS) is 18.1. The van der Waals surface area contributed by atoms with E-state index in [1.54, 1.807) is 46.5 Å². The van der Waals surface area contributed by atoms with Crippen LogP contribution in [-0.4, -0.2) is 106 Å². The topological polar surface area (TPSA) is 201 Å². The third kappa shape index (κ3) is 11.4. The maximum atomic E-state index is 13.9. The summed E-state index contributed by atoms with van der Waals surface area (Å²) < 4.78 is 48.7. The van der Waals surface area contributed by atoms with Crippen molar-refractivity contribution in [3.05, 3.63) is 112 Å². The van der Waals surface area contributed by atoms with Crippen LogP contribution in [0.5, 0.6) is 11.5 Å². The van der Waals surface area contributed by atoms with E-state index in [-0.39, 0.29) is 60.2 Å².